The van der Waals surface area contributed by atoms with E-state index < -0.39 is 0 Å². The Bertz CT molecular complexity index is 368. The fourth-order valence-corrected chi connectivity index (χ4v) is 3.31. The first-order valence-electron chi connectivity index (χ1n) is 6.43. The van der Waals surface area contributed by atoms with Gasteiger partial charge in [-0.1, -0.05) is 32.0 Å². The van der Waals surface area contributed by atoms with E-state index in [9.17, 15) is 0 Å². The van der Waals surface area contributed by atoms with E-state index in [1.165, 1.54) is 18.4 Å². The number of fused-ring (bicyclic) bond motifs is 1. The van der Waals surface area contributed by atoms with Gasteiger partial charge >= 0.3 is 0 Å². The molecule has 2 N–H and O–H groups in total. The maximum atomic E-state index is 5.93. The summed E-state index contributed by atoms with van der Waals surface area (Å²) in [7, 11) is 0. The predicted octanol–water partition coefficient (Wildman–Crippen LogP) is 3.26. The number of benzene rings is 1. The van der Waals surface area contributed by atoms with Crippen LogP contribution in [-0.2, 0) is 6.42 Å². The summed E-state index contributed by atoms with van der Waals surface area (Å²) in [6, 6.07) is 6.75. The van der Waals surface area contributed by atoms with Crippen molar-refractivity contribution in [1.29, 1.82) is 0 Å². The average molecular weight is 217 g/mol. The summed E-state index contributed by atoms with van der Waals surface area (Å²) in [5, 5.41) is 0. The normalized spacial score (nSPS) is 24.6. The van der Waals surface area contributed by atoms with Crippen molar-refractivity contribution in [2.45, 2.75) is 39.5 Å². The Morgan fingerprint density at radius 3 is 2.75 bits per heavy atom. The van der Waals surface area contributed by atoms with Crippen LogP contribution in [-0.4, -0.2) is 6.54 Å². The molecule has 0 aromatic heterocycles. The van der Waals surface area contributed by atoms with E-state index in [0.717, 1.165) is 6.54 Å². The van der Waals surface area contributed by atoms with Crippen molar-refractivity contribution >= 4 is 0 Å². The molecular formula is C15H23N. The molecule has 0 heterocycles. The van der Waals surface area contributed by atoms with Gasteiger partial charge in [-0.3, -0.25) is 0 Å². The molecule has 0 saturated heterocycles. The smallest absolute Gasteiger partial charge is 0.00428 e. The summed E-state index contributed by atoms with van der Waals surface area (Å²) >= 11 is 0. The van der Waals surface area contributed by atoms with Crippen LogP contribution < -0.4 is 5.73 Å². The highest BCUT2D eigenvalue weighted by atomic mass is 14.6. The highest BCUT2D eigenvalue weighted by molar-refractivity contribution is 5.39. The molecule has 0 amide bonds. The minimum atomic E-state index is 0.661. The summed E-state index contributed by atoms with van der Waals surface area (Å²) in [4.78, 5) is 0. The number of hydrogen-bond acceptors (Lipinski definition) is 1. The van der Waals surface area contributed by atoms with Crippen LogP contribution in [0.1, 0.15) is 42.9 Å². The highest BCUT2D eigenvalue weighted by Crippen LogP contribution is 2.41. The Morgan fingerprint density at radius 2 is 2.12 bits per heavy atom. The fraction of sp³-hybridized carbons (Fsp3) is 0.600. The predicted molar refractivity (Wildman–Crippen MR) is 69.6 cm³/mol. The zero-order chi connectivity index (χ0) is 11.7. The molecular weight excluding hydrogens is 194 g/mol. The van der Waals surface area contributed by atoms with Gasteiger partial charge in [0.05, 0.1) is 0 Å². The molecule has 16 heavy (non-hydrogen) atoms. The number of aryl methyl sites for hydroxylation is 1. The van der Waals surface area contributed by atoms with Crippen molar-refractivity contribution in [3.8, 4) is 0 Å². The zero-order valence-corrected chi connectivity index (χ0v) is 10.7. The van der Waals surface area contributed by atoms with E-state index in [4.69, 9.17) is 5.73 Å². The second kappa shape index (κ2) is 4.58. The number of hydrogen-bond donors (Lipinski definition) is 1. The minimum Gasteiger partial charge on any atom is -0.330 e. The van der Waals surface area contributed by atoms with Crippen LogP contribution in [0.2, 0.25) is 0 Å². The van der Waals surface area contributed by atoms with Gasteiger partial charge in [0.1, 0.15) is 0 Å². The molecule has 0 radical (unpaired) electrons. The van der Waals surface area contributed by atoms with Crippen molar-refractivity contribution in [3.05, 3.63) is 34.9 Å². The van der Waals surface area contributed by atoms with Gasteiger partial charge in [-0.2, -0.15) is 0 Å². The lowest BCUT2D eigenvalue weighted by Gasteiger charge is -2.36. The Morgan fingerprint density at radius 1 is 1.38 bits per heavy atom. The van der Waals surface area contributed by atoms with Gasteiger partial charge in [0.25, 0.3) is 0 Å². The van der Waals surface area contributed by atoms with Crippen molar-refractivity contribution in [2.75, 3.05) is 6.54 Å². The van der Waals surface area contributed by atoms with Gasteiger partial charge in [-0.25, -0.2) is 0 Å². The van der Waals surface area contributed by atoms with Gasteiger partial charge in [0, 0.05) is 0 Å². The van der Waals surface area contributed by atoms with E-state index >= 15 is 0 Å². The summed E-state index contributed by atoms with van der Waals surface area (Å²) in [5.41, 5.74) is 10.5. The van der Waals surface area contributed by atoms with Crippen LogP contribution >= 0.6 is 0 Å². The minimum absolute atomic E-state index is 0.661. The van der Waals surface area contributed by atoms with E-state index in [1.807, 2.05) is 0 Å². The third-order valence-corrected chi connectivity index (χ3v) is 4.10. The molecule has 88 valence electrons. The molecule has 2 atom stereocenters. The molecule has 1 aromatic rings. The van der Waals surface area contributed by atoms with E-state index in [-0.39, 0.29) is 0 Å². The highest BCUT2D eigenvalue weighted by Gasteiger charge is 2.31. The zero-order valence-electron chi connectivity index (χ0n) is 10.7. The van der Waals surface area contributed by atoms with Gasteiger partial charge in [-0.05, 0) is 60.8 Å². The van der Waals surface area contributed by atoms with Crippen LogP contribution in [0.4, 0.5) is 0 Å². The molecule has 1 aliphatic carbocycles. The molecule has 0 spiro atoms. The molecule has 2 unspecified atom stereocenters. The first-order chi connectivity index (χ1) is 7.65. The summed E-state index contributed by atoms with van der Waals surface area (Å²) < 4.78 is 0. The molecule has 1 nitrogen and oxygen atoms in total. The topological polar surface area (TPSA) is 26.0 Å². The SMILES string of the molecule is Cc1cccc2c1CCC(CN)C2C(C)C. The molecule has 0 saturated carbocycles. The number of rotatable bonds is 2. The molecule has 0 fully saturated rings. The van der Waals surface area contributed by atoms with Crippen LogP contribution in [0.25, 0.3) is 0 Å². The van der Waals surface area contributed by atoms with Gasteiger partial charge in [0.2, 0.25) is 0 Å². The van der Waals surface area contributed by atoms with E-state index in [1.54, 1.807) is 11.1 Å². The van der Waals surface area contributed by atoms with Crippen LogP contribution in [0.3, 0.4) is 0 Å². The second-order valence-corrected chi connectivity index (χ2v) is 5.45. The number of nitrogens with two attached hydrogens (primary N) is 1. The fourth-order valence-electron chi connectivity index (χ4n) is 3.31. The summed E-state index contributed by atoms with van der Waals surface area (Å²) in [6.07, 6.45) is 2.48. The third kappa shape index (κ3) is 1.89. The lowest BCUT2D eigenvalue weighted by molar-refractivity contribution is 0.311. The molecule has 0 aliphatic heterocycles. The standard InChI is InChI=1S/C15H23N/c1-10(2)15-12(9-16)7-8-13-11(3)5-4-6-14(13)15/h4-6,10,12,15H,7-9,16H2,1-3H3. The molecule has 1 aliphatic rings. The van der Waals surface area contributed by atoms with Crippen molar-refractivity contribution in [3.63, 3.8) is 0 Å². The maximum absolute atomic E-state index is 5.93. The largest absolute Gasteiger partial charge is 0.330 e. The lowest BCUT2D eigenvalue weighted by Crippen LogP contribution is -2.30. The Hall–Kier alpha value is -0.820. The van der Waals surface area contributed by atoms with E-state index in [0.29, 0.717) is 17.8 Å². The molecule has 1 aromatic carbocycles. The maximum Gasteiger partial charge on any atom is -0.00428 e. The molecule has 1 heteroatoms. The third-order valence-electron chi connectivity index (χ3n) is 4.10. The monoisotopic (exact) mass is 217 g/mol. The summed E-state index contributed by atoms with van der Waals surface area (Å²) in [5.74, 6) is 2.03. The van der Waals surface area contributed by atoms with Crippen molar-refractivity contribution < 1.29 is 0 Å². The molecule has 2 rings (SSSR count). The van der Waals surface area contributed by atoms with Crippen molar-refractivity contribution in [1.82, 2.24) is 0 Å². The van der Waals surface area contributed by atoms with Gasteiger partial charge in [0.15, 0.2) is 0 Å². The van der Waals surface area contributed by atoms with Crippen molar-refractivity contribution in [2.24, 2.45) is 17.6 Å². The Balaban J connectivity index is 2.45. The Kier molecular flexibility index (Phi) is 3.34. The van der Waals surface area contributed by atoms with Crippen LogP contribution in [0.15, 0.2) is 18.2 Å². The van der Waals surface area contributed by atoms with Gasteiger partial charge < -0.3 is 5.73 Å². The van der Waals surface area contributed by atoms with Crippen LogP contribution in [0.5, 0.6) is 0 Å². The second-order valence-electron chi connectivity index (χ2n) is 5.45. The van der Waals surface area contributed by atoms with Gasteiger partial charge in [-0.15, -0.1) is 0 Å². The first-order valence-corrected chi connectivity index (χ1v) is 6.43. The Labute approximate surface area is 99.0 Å². The lowest BCUT2D eigenvalue weighted by atomic mass is 9.69. The quantitative estimate of drug-likeness (QED) is 0.808. The van der Waals surface area contributed by atoms with E-state index in [2.05, 4.69) is 39.0 Å². The average Bonchev–Trinajstić information content (AvgIpc) is 2.27. The first kappa shape index (κ1) is 11.7. The van der Waals surface area contributed by atoms with Crippen LogP contribution in [0, 0.1) is 18.8 Å². The summed E-state index contributed by atoms with van der Waals surface area (Å²) in [6.45, 7) is 7.71. The molecule has 0 bridgehead atoms.